The van der Waals surface area contributed by atoms with Gasteiger partial charge in [-0.05, 0) is 67.2 Å². The fourth-order valence-electron chi connectivity index (χ4n) is 2.41. The van der Waals surface area contributed by atoms with Crippen LogP contribution in [-0.4, -0.2) is 5.11 Å². The quantitative estimate of drug-likeness (QED) is 0.716. The molecule has 0 amide bonds. The van der Waals surface area contributed by atoms with Gasteiger partial charge in [-0.3, -0.25) is 0 Å². The summed E-state index contributed by atoms with van der Waals surface area (Å²) in [5, 5.41) is 7.27. The van der Waals surface area contributed by atoms with Crippen LogP contribution in [0.25, 0.3) is 0 Å². The van der Waals surface area contributed by atoms with E-state index in [4.69, 9.17) is 12.2 Å². The highest BCUT2D eigenvalue weighted by Crippen LogP contribution is 2.26. The van der Waals surface area contributed by atoms with Crippen molar-refractivity contribution in [3.05, 3.63) is 59.2 Å². The maximum atomic E-state index is 5.48. The second-order valence-electron chi connectivity index (χ2n) is 5.79. The van der Waals surface area contributed by atoms with Crippen LogP contribution in [0.15, 0.2) is 42.5 Å². The third-order valence-corrected chi connectivity index (χ3v) is 4.20. The van der Waals surface area contributed by atoms with Crippen LogP contribution in [0.5, 0.6) is 0 Å². The summed E-state index contributed by atoms with van der Waals surface area (Å²) in [5.41, 5.74) is 5.84. The molecular weight excluding hydrogens is 288 g/mol. The fourth-order valence-corrected chi connectivity index (χ4v) is 2.63. The van der Waals surface area contributed by atoms with Gasteiger partial charge in [-0.2, -0.15) is 0 Å². The largest absolute Gasteiger partial charge is 0.332 e. The first kappa shape index (κ1) is 16.5. The van der Waals surface area contributed by atoms with E-state index >= 15 is 0 Å². The van der Waals surface area contributed by atoms with Crippen molar-refractivity contribution < 1.29 is 0 Å². The van der Waals surface area contributed by atoms with Gasteiger partial charge >= 0.3 is 0 Å². The smallest absolute Gasteiger partial charge is 0.175 e. The van der Waals surface area contributed by atoms with Crippen LogP contribution in [0, 0.1) is 13.8 Å². The molecule has 0 saturated carbocycles. The van der Waals surface area contributed by atoms with Gasteiger partial charge in [-0.15, -0.1) is 0 Å². The van der Waals surface area contributed by atoms with Crippen LogP contribution in [0.4, 0.5) is 11.4 Å². The first-order chi connectivity index (χ1) is 10.5. The van der Waals surface area contributed by atoms with E-state index in [1.807, 2.05) is 6.07 Å². The summed E-state index contributed by atoms with van der Waals surface area (Å²) in [6, 6.07) is 14.7. The standard InChI is InChI=1S/C19H24N2S/c1-5-14(3)16-8-6-7-9-17(16)20-19(22)21-18-12-13(2)10-11-15(18)4/h6-12,14H,5H2,1-4H3,(H2,20,21,22). The van der Waals surface area contributed by atoms with Gasteiger partial charge < -0.3 is 10.6 Å². The summed E-state index contributed by atoms with van der Waals surface area (Å²) < 4.78 is 0. The molecule has 1 atom stereocenters. The molecule has 116 valence electrons. The third kappa shape index (κ3) is 4.08. The molecule has 0 bridgehead atoms. The van der Waals surface area contributed by atoms with Gasteiger partial charge in [0.15, 0.2) is 5.11 Å². The van der Waals surface area contributed by atoms with E-state index < -0.39 is 0 Å². The average molecular weight is 312 g/mol. The highest BCUT2D eigenvalue weighted by Gasteiger charge is 2.10. The predicted molar refractivity (Wildman–Crippen MR) is 101 cm³/mol. The van der Waals surface area contributed by atoms with Crippen LogP contribution in [0.1, 0.15) is 42.9 Å². The van der Waals surface area contributed by atoms with Crippen LogP contribution in [0.3, 0.4) is 0 Å². The minimum absolute atomic E-state index is 0.507. The van der Waals surface area contributed by atoms with Gasteiger partial charge in [-0.1, -0.05) is 44.2 Å². The van der Waals surface area contributed by atoms with Crippen molar-refractivity contribution in [2.45, 2.75) is 40.0 Å². The molecule has 2 aromatic rings. The summed E-state index contributed by atoms with van der Waals surface area (Å²) in [6.45, 7) is 8.60. The van der Waals surface area contributed by atoms with E-state index in [1.54, 1.807) is 0 Å². The molecule has 2 rings (SSSR count). The molecule has 0 spiro atoms. The molecule has 3 heteroatoms. The van der Waals surface area contributed by atoms with Crippen molar-refractivity contribution >= 4 is 28.7 Å². The summed E-state index contributed by atoms with van der Waals surface area (Å²) in [7, 11) is 0. The van der Waals surface area contributed by atoms with Crippen molar-refractivity contribution in [2.24, 2.45) is 0 Å². The van der Waals surface area contributed by atoms with Crippen molar-refractivity contribution in [1.82, 2.24) is 0 Å². The second-order valence-corrected chi connectivity index (χ2v) is 6.20. The number of aryl methyl sites for hydroxylation is 2. The Balaban J connectivity index is 2.14. The number of anilines is 2. The maximum absolute atomic E-state index is 5.48. The Morgan fingerprint density at radius 1 is 1.05 bits per heavy atom. The lowest BCUT2D eigenvalue weighted by atomic mass is 9.97. The zero-order valence-corrected chi connectivity index (χ0v) is 14.6. The molecule has 0 aromatic heterocycles. The molecule has 2 aromatic carbocycles. The maximum Gasteiger partial charge on any atom is 0.175 e. The summed E-state index contributed by atoms with van der Waals surface area (Å²) in [4.78, 5) is 0. The SMILES string of the molecule is CCC(C)c1ccccc1NC(=S)Nc1cc(C)ccc1C. The topological polar surface area (TPSA) is 24.1 Å². The van der Waals surface area contributed by atoms with Gasteiger partial charge in [0.1, 0.15) is 0 Å². The Labute approximate surface area is 139 Å². The van der Waals surface area contributed by atoms with E-state index in [9.17, 15) is 0 Å². The number of benzene rings is 2. The lowest BCUT2D eigenvalue weighted by molar-refractivity contribution is 0.736. The Bertz CT molecular complexity index is 664. The predicted octanol–water partition coefficient (Wildman–Crippen LogP) is 5.63. The van der Waals surface area contributed by atoms with E-state index in [2.05, 4.69) is 74.7 Å². The zero-order chi connectivity index (χ0) is 16.1. The van der Waals surface area contributed by atoms with Crippen LogP contribution in [-0.2, 0) is 0 Å². The second kappa shape index (κ2) is 7.41. The lowest BCUT2D eigenvalue weighted by Gasteiger charge is -2.18. The number of hydrogen-bond acceptors (Lipinski definition) is 1. The molecule has 22 heavy (non-hydrogen) atoms. The number of thiocarbonyl (C=S) groups is 1. The summed E-state index contributed by atoms with van der Waals surface area (Å²) in [6.07, 6.45) is 1.11. The highest BCUT2D eigenvalue weighted by atomic mass is 32.1. The molecule has 0 aliphatic heterocycles. The van der Waals surface area contributed by atoms with Gasteiger partial charge in [0, 0.05) is 11.4 Å². The van der Waals surface area contributed by atoms with Crippen LogP contribution < -0.4 is 10.6 Å². The van der Waals surface area contributed by atoms with Crippen molar-refractivity contribution in [3.8, 4) is 0 Å². The first-order valence-corrected chi connectivity index (χ1v) is 8.16. The molecule has 0 aliphatic rings. The molecular formula is C19H24N2S. The van der Waals surface area contributed by atoms with Crippen molar-refractivity contribution in [3.63, 3.8) is 0 Å². The number of nitrogens with one attached hydrogen (secondary N) is 2. The molecule has 0 fully saturated rings. The third-order valence-electron chi connectivity index (χ3n) is 3.99. The number of rotatable bonds is 4. The minimum atomic E-state index is 0.507. The summed E-state index contributed by atoms with van der Waals surface area (Å²) in [5.74, 6) is 0.507. The van der Waals surface area contributed by atoms with Crippen molar-refractivity contribution in [1.29, 1.82) is 0 Å². The van der Waals surface area contributed by atoms with E-state index in [0.717, 1.165) is 17.8 Å². The Kier molecular flexibility index (Phi) is 5.56. The molecule has 0 heterocycles. The van der Waals surface area contributed by atoms with E-state index in [1.165, 1.54) is 16.7 Å². The van der Waals surface area contributed by atoms with Gasteiger partial charge in [0.05, 0.1) is 0 Å². The zero-order valence-electron chi connectivity index (χ0n) is 13.7. The van der Waals surface area contributed by atoms with Crippen molar-refractivity contribution in [2.75, 3.05) is 10.6 Å². The van der Waals surface area contributed by atoms with E-state index in [-0.39, 0.29) is 0 Å². The highest BCUT2D eigenvalue weighted by molar-refractivity contribution is 7.80. The first-order valence-electron chi connectivity index (χ1n) is 7.75. The molecule has 0 saturated heterocycles. The van der Waals surface area contributed by atoms with Crippen LogP contribution in [0.2, 0.25) is 0 Å². The number of hydrogen-bond donors (Lipinski definition) is 2. The normalized spacial score (nSPS) is 11.8. The van der Waals surface area contributed by atoms with E-state index in [0.29, 0.717) is 11.0 Å². The molecule has 2 N–H and O–H groups in total. The van der Waals surface area contributed by atoms with Gasteiger partial charge in [-0.25, -0.2) is 0 Å². The lowest BCUT2D eigenvalue weighted by Crippen LogP contribution is -2.20. The fraction of sp³-hybridized carbons (Fsp3) is 0.316. The molecule has 0 radical (unpaired) electrons. The van der Waals surface area contributed by atoms with Gasteiger partial charge in [0.2, 0.25) is 0 Å². The van der Waals surface area contributed by atoms with Crippen LogP contribution >= 0.6 is 12.2 Å². The Hall–Kier alpha value is -1.87. The molecule has 1 unspecified atom stereocenters. The van der Waals surface area contributed by atoms with Gasteiger partial charge in [0.25, 0.3) is 0 Å². The Morgan fingerprint density at radius 2 is 1.73 bits per heavy atom. The minimum Gasteiger partial charge on any atom is -0.332 e. The monoisotopic (exact) mass is 312 g/mol. The number of para-hydroxylation sites is 1. The molecule has 2 nitrogen and oxygen atoms in total. The molecule has 0 aliphatic carbocycles. The average Bonchev–Trinajstić information content (AvgIpc) is 2.50. The Morgan fingerprint density at radius 3 is 2.45 bits per heavy atom. The summed E-state index contributed by atoms with van der Waals surface area (Å²) >= 11 is 5.48.